The van der Waals surface area contributed by atoms with E-state index in [2.05, 4.69) is 26.6 Å². The van der Waals surface area contributed by atoms with E-state index in [9.17, 15) is 5.11 Å². The highest BCUT2D eigenvalue weighted by Gasteiger charge is 2.09. The molecule has 4 heteroatoms. The van der Waals surface area contributed by atoms with Crippen molar-refractivity contribution < 1.29 is 5.11 Å². The normalized spacial score (nSPS) is 11.2. The van der Waals surface area contributed by atoms with Crippen molar-refractivity contribution in [1.29, 1.82) is 0 Å². The standard InChI is InChI=1S/C16H13BrClNO/c17-13-6-5-11(15(18)7-13)8-19-9-12(10-20)14-3-1-2-4-16(14)19/h1-7,9,20H,8,10H2. The molecule has 0 fully saturated rings. The molecule has 0 atom stereocenters. The summed E-state index contributed by atoms with van der Waals surface area (Å²) >= 11 is 9.69. The van der Waals surface area contributed by atoms with Crippen LogP contribution in [0.25, 0.3) is 10.9 Å². The highest BCUT2D eigenvalue weighted by molar-refractivity contribution is 9.10. The van der Waals surface area contributed by atoms with Crippen molar-refractivity contribution in [3.05, 3.63) is 69.3 Å². The topological polar surface area (TPSA) is 25.2 Å². The van der Waals surface area contributed by atoms with Gasteiger partial charge < -0.3 is 9.67 Å². The number of hydrogen-bond donors (Lipinski definition) is 1. The lowest BCUT2D eigenvalue weighted by atomic mass is 10.2. The van der Waals surface area contributed by atoms with Gasteiger partial charge >= 0.3 is 0 Å². The molecule has 0 aliphatic heterocycles. The van der Waals surface area contributed by atoms with E-state index in [0.717, 1.165) is 31.5 Å². The maximum Gasteiger partial charge on any atom is 0.0702 e. The smallest absolute Gasteiger partial charge is 0.0702 e. The van der Waals surface area contributed by atoms with Crippen LogP contribution in [0.15, 0.2) is 53.1 Å². The Balaban J connectivity index is 2.06. The van der Waals surface area contributed by atoms with Crippen LogP contribution in [0.5, 0.6) is 0 Å². The average molecular weight is 351 g/mol. The molecule has 0 bridgehead atoms. The molecule has 2 aromatic carbocycles. The second-order valence-corrected chi connectivity index (χ2v) is 6.02. The van der Waals surface area contributed by atoms with E-state index in [1.807, 2.05) is 42.6 Å². The predicted octanol–water partition coefficient (Wildman–Crippen LogP) is 4.60. The molecular formula is C16H13BrClNO. The monoisotopic (exact) mass is 349 g/mol. The highest BCUT2D eigenvalue weighted by Crippen LogP contribution is 2.26. The number of nitrogens with zero attached hydrogens (tertiary/aromatic N) is 1. The van der Waals surface area contributed by atoms with Crippen LogP contribution in [-0.4, -0.2) is 9.67 Å². The molecule has 0 radical (unpaired) electrons. The Kier molecular flexibility index (Phi) is 3.83. The molecule has 0 saturated carbocycles. The number of halogens is 2. The summed E-state index contributed by atoms with van der Waals surface area (Å²) in [6.07, 6.45) is 1.99. The first-order chi connectivity index (χ1) is 9.69. The largest absolute Gasteiger partial charge is 0.392 e. The van der Waals surface area contributed by atoms with Gasteiger partial charge in [-0.2, -0.15) is 0 Å². The zero-order chi connectivity index (χ0) is 14.1. The van der Waals surface area contributed by atoms with Crippen molar-refractivity contribution >= 4 is 38.4 Å². The van der Waals surface area contributed by atoms with Crippen LogP contribution in [0, 0.1) is 0 Å². The van der Waals surface area contributed by atoms with E-state index in [4.69, 9.17) is 11.6 Å². The maximum absolute atomic E-state index is 9.46. The summed E-state index contributed by atoms with van der Waals surface area (Å²) in [5.41, 5.74) is 3.10. The Bertz CT molecular complexity index is 766. The zero-order valence-corrected chi connectivity index (χ0v) is 13.0. The van der Waals surface area contributed by atoms with Gasteiger partial charge in [0, 0.05) is 38.7 Å². The molecule has 102 valence electrons. The molecule has 20 heavy (non-hydrogen) atoms. The molecular weight excluding hydrogens is 338 g/mol. The van der Waals surface area contributed by atoms with Gasteiger partial charge in [-0.1, -0.05) is 51.8 Å². The summed E-state index contributed by atoms with van der Waals surface area (Å²) in [5.74, 6) is 0. The molecule has 3 rings (SSSR count). The van der Waals surface area contributed by atoms with E-state index in [0.29, 0.717) is 6.54 Å². The molecule has 0 spiro atoms. The molecule has 2 nitrogen and oxygen atoms in total. The number of benzene rings is 2. The average Bonchev–Trinajstić information content (AvgIpc) is 2.80. The number of rotatable bonds is 3. The fraction of sp³-hybridized carbons (Fsp3) is 0.125. The van der Waals surface area contributed by atoms with Crippen molar-refractivity contribution in [3.8, 4) is 0 Å². The van der Waals surface area contributed by atoms with Crippen LogP contribution in [-0.2, 0) is 13.2 Å². The van der Waals surface area contributed by atoms with Gasteiger partial charge in [0.2, 0.25) is 0 Å². The first kappa shape index (κ1) is 13.7. The second-order valence-electron chi connectivity index (χ2n) is 4.69. The van der Waals surface area contributed by atoms with E-state index in [1.54, 1.807) is 0 Å². The van der Waals surface area contributed by atoms with E-state index in [-0.39, 0.29) is 6.61 Å². The molecule has 0 unspecified atom stereocenters. The molecule has 0 saturated heterocycles. The zero-order valence-electron chi connectivity index (χ0n) is 10.7. The molecule has 0 amide bonds. The van der Waals surface area contributed by atoms with Crippen LogP contribution in [0.2, 0.25) is 5.02 Å². The lowest BCUT2D eigenvalue weighted by Crippen LogP contribution is -1.98. The summed E-state index contributed by atoms with van der Waals surface area (Å²) in [7, 11) is 0. The van der Waals surface area contributed by atoms with Gasteiger partial charge in [0.15, 0.2) is 0 Å². The van der Waals surface area contributed by atoms with Crippen molar-refractivity contribution in [2.24, 2.45) is 0 Å². The van der Waals surface area contributed by atoms with Gasteiger partial charge in [-0.15, -0.1) is 0 Å². The number of fused-ring (bicyclic) bond motifs is 1. The predicted molar refractivity (Wildman–Crippen MR) is 86.1 cm³/mol. The first-order valence-corrected chi connectivity index (χ1v) is 7.47. The third-order valence-electron chi connectivity index (χ3n) is 3.40. The lowest BCUT2D eigenvalue weighted by Gasteiger charge is -2.08. The van der Waals surface area contributed by atoms with Crippen LogP contribution in [0.3, 0.4) is 0 Å². The summed E-state index contributed by atoms with van der Waals surface area (Å²) in [5, 5.41) is 11.3. The Morgan fingerprint density at radius 1 is 1.10 bits per heavy atom. The molecule has 3 aromatic rings. The van der Waals surface area contributed by atoms with Crippen LogP contribution >= 0.6 is 27.5 Å². The van der Waals surface area contributed by atoms with Crippen molar-refractivity contribution in [1.82, 2.24) is 4.57 Å². The lowest BCUT2D eigenvalue weighted by molar-refractivity contribution is 0.283. The summed E-state index contributed by atoms with van der Waals surface area (Å²) in [6, 6.07) is 14.0. The van der Waals surface area contributed by atoms with Crippen LogP contribution in [0.4, 0.5) is 0 Å². The van der Waals surface area contributed by atoms with Gasteiger partial charge in [0.1, 0.15) is 0 Å². The number of para-hydroxylation sites is 1. The fourth-order valence-corrected chi connectivity index (χ4v) is 3.15. The quantitative estimate of drug-likeness (QED) is 0.734. The Labute approximate surface area is 130 Å². The van der Waals surface area contributed by atoms with E-state index in [1.165, 1.54) is 0 Å². The summed E-state index contributed by atoms with van der Waals surface area (Å²) in [6.45, 7) is 0.730. The second kappa shape index (κ2) is 5.60. The minimum absolute atomic E-state index is 0.0432. The first-order valence-electron chi connectivity index (χ1n) is 6.30. The van der Waals surface area contributed by atoms with Crippen molar-refractivity contribution in [2.75, 3.05) is 0 Å². The van der Waals surface area contributed by atoms with Gasteiger partial charge in [0.05, 0.1) is 6.61 Å². The van der Waals surface area contributed by atoms with Crippen LogP contribution in [0.1, 0.15) is 11.1 Å². The van der Waals surface area contributed by atoms with Crippen molar-refractivity contribution in [2.45, 2.75) is 13.2 Å². The van der Waals surface area contributed by atoms with Gasteiger partial charge in [-0.25, -0.2) is 0 Å². The summed E-state index contributed by atoms with van der Waals surface area (Å²) in [4.78, 5) is 0. The Hall–Kier alpha value is -1.29. The van der Waals surface area contributed by atoms with Crippen LogP contribution < -0.4 is 0 Å². The number of hydrogen-bond acceptors (Lipinski definition) is 1. The van der Waals surface area contributed by atoms with Gasteiger partial charge in [-0.3, -0.25) is 0 Å². The summed E-state index contributed by atoms with van der Waals surface area (Å²) < 4.78 is 3.09. The van der Waals surface area contributed by atoms with Gasteiger partial charge in [0.25, 0.3) is 0 Å². The van der Waals surface area contributed by atoms with Gasteiger partial charge in [-0.05, 0) is 23.8 Å². The molecule has 1 N–H and O–H groups in total. The molecule has 0 aliphatic carbocycles. The number of aliphatic hydroxyl groups is 1. The number of aromatic nitrogens is 1. The van der Waals surface area contributed by atoms with E-state index < -0.39 is 0 Å². The number of aliphatic hydroxyl groups excluding tert-OH is 1. The fourth-order valence-electron chi connectivity index (χ4n) is 2.41. The third kappa shape index (κ3) is 2.49. The Morgan fingerprint density at radius 2 is 1.90 bits per heavy atom. The molecule has 0 aliphatic rings. The minimum Gasteiger partial charge on any atom is -0.392 e. The SMILES string of the molecule is OCc1cn(Cc2ccc(Br)cc2Cl)c2ccccc12. The van der Waals surface area contributed by atoms with Crippen molar-refractivity contribution in [3.63, 3.8) is 0 Å². The highest BCUT2D eigenvalue weighted by atomic mass is 79.9. The Morgan fingerprint density at radius 3 is 2.65 bits per heavy atom. The third-order valence-corrected chi connectivity index (χ3v) is 4.24. The molecule has 1 heterocycles. The van der Waals surface area contributed by atoms with E-state index >= 15 is 0 Å². The minimum atomic E-state index is 0.0432. The molecule has 1 aromatic heterocycles. The maximum atomic E-state index is 9.46.